The van der Waals surface area contributed by atoms with Crippen LogP contribution in [0.15, 0.2) is 79.3 Å². The average Bonchev–Trinajstić information content (AvgIpc) is 3.58. The number of benzene rings is 2. The summed E-state index contributed by atoms with van der Waals surface area (Å²) in [7, 11) is 1.60. The van der Waals surface area contributed by atoms with Gasteiger partial charge in [0.2, 0.25) is 5.82 Å². The number of aromatic amines is 1. The Morgan fingerprint density at radius 1 is 1.08 bits per heavy atom. The lowest BCUT2D eigenvalue weighted by atomic mass is 10.0. The number of methoxy groups -OCH3 is 1. The number of hydrogen-bond acceptors (Lipinski definition) is 6. The highest BCUT2D eigenvalue weighted by atomic mass is 16.5. The number of hydrogen-bond donors (Lipinski definition) is 3. The summed E-state index contributed by atoms with van der Waals surface area (Å²) in [4.78, 5) is 33.0. The number of primary amides is 1. The third-order valence-corrected chi connectivity index (χ3v) is 6.57. The summed E-state index contributed by atoms with van der Waals surface area (Å²) >= 11 is 0. The Bertz CT molecular complexity index is 1580. The molecule has 38 heavy (non-hydrogen) atoms. The molecule has 10 heteroatoms. The number of carbonyl (C=O) groups is 2. The number of rotatable bonds is 9. The molecular weight excluding hydrogens is 482 g/mol. The molecule has 5 rings (SSSR count). The third kappa shape index (κ3) is 4.83. The van der Waals surface area contributed by atoms with Gasteiger partial charge in [-0.2, -0.15) is 0 Å². The topological polar surface area (TPSA) is 141 Å². The number of nitrogens with two attached hydrogens (primary N) is 1. The van der Waals surface area contributed by atoms with Crippen molar-refractivity contribution in [3.05, 3.63) is 108 Å². The average molecular weight is 510 g/mol. The molecule has 5 aromatic rings. The van der Waals surface area contributed by atoms with Crippen LogP contribution in [0.1, 0.15) is 56.9 Å². The van der Waals surface area contributed by atoms with Gasteiger partial charge in [0.1, 0.15) is 5.75 Å². The third-order valence-electron chi connectivity index (χ3n) is 6.57. The van der Waals surface area contributed by atoms with Crippen molar-refractivity contribution in [2.45, 2.75) is 25.4 Å². The molecule has 3 aromatic heterocycles. The summed E-state index contributed by atoms with van der Waals surface area (Å²) < 4.78 is 6.97. The van der Waals surface area contributed by atoms with Crippen LogP contribution in [0.4, 0.5) is 0 Å². The Morgan fingerprint density at radius 3 is 2.58 bits per heavy atom. The summed E-state index contributed by atoms with van der Waals surface area (Å²) in [6.07, 6.45) is 5.41. The van der Waals surface area contributed by atoms with E-state index in [4.69, 9.17) is 10.5 Å². The van der Waals surface area contributed by atoms with Crippen molar-refractivity contribution in [2.75, 3.05) is 7.11 Å². The molecule has 0 aliphatic rings. The van der Waals surface area contributed by atoms with Gasteiger partial charge < -0.3 is 20.8 Å². The van der Waals surface area contributed by atoms with Gasteiger partial charge in [0.15, 0.2) is 5.82 Å². The zero-order valence-corrected chi connectivity index (χ0v) is 21.0. The Morgan fingerprint density at radius 2 is 1.87 bits per heavy atom. The van der Waals surface area contributed by atoms with Gasteiger partial charge in [-0.15, -0.1) is 10.2 Å². The van der Waals surface area contributed by atoms with Gasteiger partial charge in [0.25, 0.3) is 11.8 Å². The number of H-pyrrole nitrogens is 1. The van der Waals surface area contributed by atoms with Crippen LogP contribution in [0.2, 0.25) is 0 Å². The predicted octanol–water partition coefficient (Wildman–Crippen LogP) is 3.59. The fourth-order valence-electron chi connectivity index (χ4n) is 4.59. The van der Waals surface area contributed by atoms with Crippen molar-refractivity contribution in [1.82, 2.24) is 30.0 Å². The van der Waals surface area contributed by atoms with Gasteiger partial charge in [-0.25, -0.2) is 0 Å². The molecule has 0 radical (unpaired) electrons. The van der Waals surface area contributed by atoms with Crippen molar-refractivity contribution in [2.24, 2.45) is 5.73 Å². The Hall–Kier alpha value is -4.99. The maximum atomic E-state index is 13.3. The summed E-state index contributed by atoms with van der Waals surface area (Å²) in [5.74, 6) is 0.0808. The molecule has 2 amide bonds. The quantitative estimate of drug-likeness (QED) is 0.277. The molecule has 0 saturated heterocycles. The van der Waals surface area contributed by atoms with Crippen molar-refractivity contribution in [1.29, 1.82) is 0 Å². The van der Waals surface area contributed by atoms with E-state index in [9.17, 15) is 9.59 Å². The summed E-state index contributed by atoms with van der Waals surface area (Å²) in [6.45, 7) is 1.92. The van der Waals surface area contributed by atoms with Gasteiger partial charge in [0.05, 0.1) is 24.8 Å². The van der Waals surface area contributed by atoms with Crippen molar-refractivity contribution < 1.29 is 14.3 Å². The fraction of sp³-hybridized carbons (Fsp3) is 0.179. The van der Waals surface area contributed by atoms with Crippen LogP contribution in [-0.2, 0) is 6.42 Å². The molecule has 2 aromatic carbocycles. The second-order valence-electron chi connectivity index (χ2n) is 8.90. The van der Waals surface area contributed by atoms with Crippen LogP contribution in [0.25, 0.3) is 10.9 Å². The number of nitrogens with one attached hydrogen (secondary N) is 2. The molecule has 0 aliphatic heterocycles. The first-order valence-electron chi connectivity index (χ1n) is 12.1. The number of pyridine rings is 1. The standard InChI is InChI=1S/C28H27N7O3/c1-17(18-9-11-21(38-2)12-10-18)35-26(33-34-27(35)25(29)36)24(32-28(37)19-6-5-13-30-15-19)14-20-16-31-23-8-4-3-7-22(20)23/h3-13,15-17,24,31H,14H2,1-2H3,(H2,29,36)(H,32,37)/t17-,24?/m1/s1. The molecule has 0 fully saturated rings. The first-order valence-corrected chi connectivity index (χ1v) is 12.1. The molecule has 192 valence electrons. The van der Waals surface area contributed by atoms with E-state index in [-0.39, 0.29) is 17.8 Å². The van der Waals surface area contributed by atoms with Crippen LogP contribution in [0.5, 0.6) is 5.75 Å². The van der Waals surface area contributed by atoms with E-state index in [2.05, 4.69) is 25.5 Å². The van der Waals surface area contributed by atoms with Crippen LogP contribution in [0, 0.1) is 0 Å². The number of nitrogens with zero attached hydrogens (tertiary/aromatic N) is 4. The van der Waals surface area contributed by atoms with Gasteiger partial charge in [0, 0.05) is 35.9 Å². The van der Waals surface area contributed by atoms with E-state index in [0.717, 1.165) is 22.0 Å². The van der Waals surface area contributed by atoms with Crippen LogP contribution in [-0.4, -0.2) is 43.7 Å². The highest BCUT2D eigenvalue weighted by Gasteiger charge is 2.29. The number of para-hydroxylation sites is 1. The summed E-state index contributed by atoms with van der Waals surface area (Å²) in [6, 6.07) is 17.8. The van der Waals surface area contributed by atoms with E-state index >= 15 is 0 Å². The van der Waals surface area contributed by atoms with Crippen molar-refractivity contribution in [3.8, 4) is 5.75 Å². The summed E-state index contributed by atoms with van der Waals surface area (Å²) in [5, 5.41) is 12.6. The molecule has 3 heterocycles. The second-order valence-corrected chi connectivity index (χ2v) is 8.90. The maximum absolute atomic E-state index is 13.3. The molecule has 0 saturated carbocycles. The summed E-state index contributed by atoms with van der Waals surface area (Å²) in [5.41, 5.74) is 8.95. The van der Waals surface area contributed by atoms with E-state index in [0.29, 0.717) is 23.6 Å². The molecule has 10 nitrogen and oxygen atoms in total. The second kappa shape index (κ2) is 10.6. The fourth-order valence-corrected chi connectivity index (χ4v) is 4.59. The molecule has 0 bridgehead atoms. The minimum Gasteiger partial charge on any atom is -0.497 e. The van der Waals surface area contributed by atoms with Gasteiger partial charge in [-0.05, 0) is 48.4 Å². The highest BCUT2D eigenvalue weighted by molar-refractivity contribution is 5.94. The number of aromatic nitrogens is 5. The molecule has 0 aliphatic carbocycles. The lowest BCUT2D eigenvalue weighted by Gasteiger charge is -2.23. The van der Waals surface area contributed by atoms with Crippen LogP contribution < -0.4 is 15.8 Å². The molecule has 0 spiro atoms. The van der Waals surface area contributed by atoms with Gasteiger partial charge >= 0.3 is 0 Å². The van der Waals surface area contributed by atoms with E-state index in [1.54, 1.807) is 30.0 Å². The Kier molecular flexibility index (Phi) is 6.86. The van der Waals surface area contributed by atoms with E-state index < -0.39 is 11.9 Å². The normalized spacial score (nSPS) is 12.7. The Labute approximate surface area is 218 Å². The number of ether oxygens (including phenoxy) is 1. The zero-order valence-electron chi connectivity index (χ0n) is 21.0. The highest BCUT2D eigenvalue weighted by Crippen LogP contribution is 2.29. The lowest BCUT2D eigenvalue weighted by Crippen LogP contribution is -2.33. The van der Waals surface area contributed by atoms with E-state index in [1.165, 1.54) is 6.20 Å². The maximum Gasteiger partial charge on any atom is 0.286 e. The predicted molar refractivity (Wildman–Crippen MR) is 142 cm³/mol. The van der Waals surface area contributed by atoms with Crippen molar-refractivity contribution >= 4 is 22.7 Å². The number of amides is 2. The first kappa shape index (κ1) is 24.7. The number of carbonyl (C=O) groups excluding carboxylic acids is 2. The smallest absolute Gasteiger partial charge is 0.286 e. The van der Waals surface area contributed by atoms with Crippen molar-refractivity contribution in [3.63, 3.8) is 0 Å². The molecular formula is C28H27N7O3. The monoisotopic (exact) mass is 509 g/mol. The molecule has 4 N–H and O–H groups in total. The SMILES string of the molecule is COc1ccc([C@@H](C)n2c(C(N)=O)nnc2C(Cc2c[nH]c3ccccc23)NC(=O)c2cccnc2)cc1. The van der Waals surface area contributed by atoms with Crippen LogP contribution >= 0.6 is 0 Å². The van der Waals surface area contributed by atoms with Gasteiger partial charge in [-0.1, -0.05) is 30.3 Å². The van der Waals surface area contributed by atoms with E-state index in [1.807, 2.05) is 61.7 Å². The molecule has 2 atom stereocenters. The van der Waals surface area contributed by atoms with Gasteiger partial charge in [-0.3, -0.25) is 19.1 Å². The van der Waals surface area contributed by atoms with Crippen LogP contribution in [0.3, 0.4) is 0 Å². The largest absolute Gasteiger partial charge is 0.497 e. The number of fused-ring (bicyclic) bond motifs is 1. The first-order chi connectivity index (χ1) is 18.5. The Balaban J connectivity index is 1.59. The minimum atomic E-state index is -0.714. The zero-order chi connectivity index (χ0) is 26.6. The molecule has 1 unspecified atom stereocenters. The lowest BCUT2D eigenvalue weighted by molar-refractivity contribution is 0.0933. The minimum absolute atomic E-state index is 0.00266.